The maximum atomic E-state index is 15.5. The minimum Gasteiger partial charge on any atom is -0.492 e. The van der Waals surface area contributed by atoms with Crippen molar-refractivity contribution < 1.29 is 36.7 Å². The van der Waals surface area contributed by atoms with Gasteiger partial charge in [0.15, 0.2) is 0 Å². The SMILES string of the molecule is Cc1cnc(Nc2ccc(OCCN3CCC(CN4CCC(c5cc6c(cc5F)C(=O)N(C5CCC(=O)NC5=O)C6=O)CC4)CC3)cc2)nc1Nc1cccc(S(=O)(=O)NC(C)(C)C)c1. The number of hydrogen-bond donors (Lipinski definition) is 4. The molecular weight excluding hydrogens is 854 g/mol. The number of anilines is 4. The predicted octanol–water partition coefficient (Wildman–Crippen LogP) is 5.86. The van der Waals surface area contributed by atoms with E-state index >= 15 is 4.39 Å². The molecule has 1 aromatic heterocycles. The number of imide groups is 2. The maximum absolute atomic E-state index is 15.5. The summed E-state index contributed by atoms with van der Waals surface area (Å²) in [7, 11) is -3.71. The summed E-state index contributed by atoms with van der Waals surface area (Å²) in [6.45, 7) is 13.2. The molecule has 0 aliphatic carbocycles. The number of piperidine rings is 3. The van der Waals surface area contributed by atoms with Gasteiger partial charge >= 0.3 is 0 Å². The lowest BCUT2D eigenvalue weighted by molar-refractivity contribution is -0.136. The van der Waals surface area contributed by atoms with Gasteiger partial charge in [0.1, 0.15) is 30.0 Å². The number of halogens is 1. The van der Waals surface area contributed by atoms with Crippen LogP contribution in [0.5, 0.6) is 5.75 Å². The third-order valence-electron chi connectivity index (χ3n) is 12.4. The number of aryl methyl sites for hydroxylation is 1. The number of sulfonamides is 1. The number of aromatic nitrogens is 2. The normalized spacial score (nSPS) is 19.3. The quantitative estimate of drug-likeness (QED) is 0.110. The lowest BCUT2D eigenvalue weighted by Crippen LogP contribution is -2.54. The fourth-order valence-corrected chi connectivity index (χ4v) is 10.5. The zero-order valence-corrected chi connectivity index (χ0v) is 38.0. The van der Waals surface area contributed by atoms with Gasteiger partial charge in [-0.1, -0.05) is 6.07 Å². The van der Waals surface area contributed by atoms with E-state index in [1.165, 1.54) is 6.07 Å². The Morgan fingerprint density at radius 3 is 2.23 bits per heavy atom. The molecule has 5 heterocycles. The number of carbonyl (C=O) groups excluding carboxylic acids is 4. The Morgan fingerprint density at radius 1 is 0.846 bits per heavy atom. The first-order valence-electron chi connectivity index (χ1n) is 22.2. The molecule has 16 nitrogen and oxygen atoms in total. The van der Waals surface area contributed by atoms with Crippen molar-refractivity contribution in [2.45, 2.75) is 88.6 Å². The number of carbonyl (C=O) groups is 4. The first kappa shape index (κ1) is 45.7. The Morgan fingerprint density at radius 2 is 1.54 bits per heavy atom. The summed E-state index contributed by atoms with van der Waals surface area (Å²) in [5, 5.41) is 8.65. The van der Waals surface area contributed by atoms with E-state index in [9.17, 15) is 27.6 Å². The highest BCUT2D eigenvalue weighted by molar-refractivity contribution is 7.89. The third-order valence-corrected chi connectivity index (χ3v) is 14.2. The van der Waals surface area contributed by atoms with E-state index in [1.54, 1.807) is 51.2 Å². The van der Waals surface area contributed by atoms with Crippen LogP contribution in [0.4, 0.5) is 27.5 Å². The van der Waals surface area contributed by atoms with Crippen LogP contribution in [-0.4, -0.2) is 114 Å². The van der Waals surface area contributed by atoms with Crippen LogP contribution in [0.15, 0.2) is 71.8 Å². The summed E-state index contributed by atoms with van der Waals surface area (Å²) in [4.78, 5) is 65.5. The van der Waals surface area contributed by atoms with Crippen molar-refractivity contribution in [3.8, 4) is 5.75 Å². The van der Waals surface area contributed by atoms with Gasteiger partial charge in [0.2, 0.25) is 27.8 Å². The smallest absolute Gasteiger partial charge is 0.262 e. The predicted molar refractivity (Wildman–Crippen MR) is 242 cm³/mol. The second-order valence-corrected chi connectivity index (χ2v) is 20.1. The molecule has 18 heteroatoms. The molecule has 0 bridgehead atoms. The number of fused-ring (bicyclic) bond motifs is 1. The fraction of sp³-hybridized carbons (Fsp3) is 0.447. The van der Waals surface area contributed by atoms with Gasteiger partial charge in [0.05, 0.1) is 16.0 Å². The molecule has 1 unspecified atom stereocenters. The van der Waals surface area contributed by atoms with Crippen molar-refractivity contribution >= 4 is 56.8 Å². The largest absolute Gasteiger partial charge is 0.492 e. The molecule has 1 atom stereocenters. The Kier molecular flexibility index (Phi) is 13.3. The average molecular weight is 910 g/mol. The number of hydrogen-bond acceptors (Lipinski definition) is 13. The number of likely N-dealkylation sites (tertiary alicyclic amines) is 2. The summed E-state index contributed by atoms with van der Waals surface area (Å²) in [6, 6.07) is 15.8. The van der Waals surface area contributed by atoms with Gasteiger partial charge in [0, 0.05) is 48.2 Å². The molecule has 0 radical (unpaired) electrons. The average Bonchev–Trinajstić information content (AvgIpc) is 3.49. The first-order chi connectivity index (χ1) is 31.0. The molecule has 4 aliphatic rings. The molecule has 0 spiro atoms. The number of nitrogens with zero attached hydrogens (tertiary/aromatic N) is 5. The summed E-state index contributed by atoms with van der Waals surface area (Å²) in [5.41, 5.74) is 2.05. The van der Waals surface area contributed by atoms with E-state index in [4.69, 9.17) is 4.74 Å². The van der Waals surface area contributed by atoms with Crippen molar-refractivity contribution in [1.82, 2.24) is 34.7 Å². The molecule has 3 fully saturated rings. The van der Waals surface area contributed by atoms with Crippen LogP contribution in [0.25, 0.3) is 0 Å². The van der Waals surface area contributed by atoms with E-state index in [1.807, 2.05) is 31.2 Å². The van der Waals surface area contributed by atoms with Gasteiger partial charge in [-0.15, -0.1) is 0 Å². The molecule has 4 aliphatic heterocycles. The molecule has 3 aromatic carbocycles. The number of ether oxygens (including phenoxy) is 1. The highest BCUT2D eigenvalue weighted by atomic mass is 32.2. The summed E-state index contributed by atoms with van der Waals surface area (Å²) in [6.07, 6.45) is 5.42. The van der Waals surface area contributed by atoms with E-state index in [-0.39, 0.29) is 34.8 Å². The lowest BCUT2D eigenvalue weighted by atomic mass is 9.86. The Bertz CT molecular complexity index is 2570. The molecule has 344 valence electrons. The number of amides is 4. The van der Waals surface area contributed by atoms with Crippen molar-refractivity contribution in [3.63, 3.8) is 0 Å². The zero-order valence-electron chi connectivity index (χ0n) is 37.2. The van der Waals surface area contributed by atoms with E-state index in [0.29, 0.717) is 35.5 Å². The van der Waals surface area contributed by atoms with Crippen molar-refractivity contribution in [3.05, 3.63) is 94.9 Å². The Balaban J connectivity index is 0.751. The molecule has 4 N–H and O–H groups in total. The van der Waals surface area contributed by atoms with Gasteiger partial charge in [-0.05, 0) is 158 Å². The van der Waals surface area contributed by atoms with Gasteiger partial charge in [-0.3, -0.25) is 34.3 Å². The van der Waals surface area contributed by atoms with E-state index in [2.05, 4.69) is 40.4 Å². The second-order valence-electron chi connectivity index (χ2n) is 18.5. The van der Waals surface area contributed by atoms with Crippen molar-refractivity contribution in [2.75, 3.05) is 56.5 Å². The number of nitrogens with one attached hydrogen (secondary N) is 4. The molecule has 65 heavy (non-hydrogen) atoms. The number of benzene rings is 3. The molecule has 0 saturated carbocycles. The standard InChI is InChI=1S/C47H56FN9O7S/c1-29-27-49-46(53-42(29)50-33-6-5-7-35(24-33)65(62,63)54-47(2,3)4)51-32-8-10-34(11-9-32)64-23-22-55-18-14-30(15-19-55)28-56-20-16-31(17-21-56)36-25-37-38(26-39(36)48)45(61)57(44(37)60)40-12-13-41(58)52-43(40)59/h5-11,24-27,30-31,40,54H,12-23,28H2,1-4H3,(H,52,58,59)(H2,49,50,51,53). The Labute approximate surface area is 378 Å². The van der Waals surface area contributed by atoms with Crippen LogP contribution in [0.3, 0.4) is 0 Å². The number of rotatable bonds is 14. The van der Waals surface area contributed by atoms with Crippen molar-refractivity contribution in [2.24, 2.45) is 5.92 Å². The second kappa shape index (κ2) is 19.0. The highest BCUT2D eigenvalue weighted by Gasteiger charge is 2.45. The maximum Gasteiger partial charge on any atom is 0.262 e. The fourth-order valence-electron chi connectivity index (χ4n) is 9.03. The third kappa shape index (κ3) is 10.8. The topological polar surface area (TPSA) is 195 Å². The minimum atomic E-state index is -3.71. The summed E-state index contributed by atoms with van der Waals surface area (Å²) < 4.78 is 50.1. The van der Waals surface area contributed by atoms with Crippen molar-refractivity contribution in [1.29, 1.82) is 0 Å². The van der Waals surface area contributed by atoms with Crippen LogP contribution in [-0.2, 0) is 19.6 Å². The summed E-state index contributed by atoms with van der Waals surface area (Å²) in [5.74, 6) is -0.803. The molecule has 3 saturated heterocycles. The Hall–Kier alpha value is -5.82. The molecular formula is C47H56FN9O7S. The van der Waals surface area contributed by atoms with Gasteiger partial charge < -0.3 is 20.3 Å². The first-order valence-corrected chi connectivity index (χ1v) is 23.7. The molecule has 4 aromatic rings. The van der Waals surface area contributed by atoms with Crippen LogP contribution >= 0.6 is 0 Å². The van der Waals surface area contributed by atoms with Crippen LogP contribution in [0.2, 0.25) is 0 Å². The van der Waals surface area contributed by atoms with E-state index < -0.39 is 51.0 Å². The zero-order chi connectivity index (χ0) is 46.0. The monoisotopic (exact) mass is 909 g/mol. The van der Waals surface area contributed by atoms with Gasteiger partial charge in [-0.25, -0.2) is 22.5 Å². The van der Waals surface area contributed by atoms with Crippen LogP contribution in [0.1, 0.15) is 97.1 Å². The molecule has 4 amide bonds. The summed E-state index contributed by atoms with van der Waals surface area (Å²) >= 11 is 0. The highest BCUT2D eigenvalue weighted by Crippen LogP contribution is 2.36. The van der Waals surface area contributed by atoms with Gasteiger partial charge in [-0.2, -0.15) is 4.98 Å². The van der Waals surface area contributed by atoms with Crippen LogP contribution < -0.4 is 25.4 Å². The van der Waals surface area contributed by atoms with Gasteiger partial charge in [0.25, 0.3) is 11.8 Å². The van der Waals surface area contributed by atoms with E-state index in [0.717, 1.165) is 92.9 Å². The minimum absolute atomic E-state index is 0.0251. The van der Waals surface area contributed by atoms with Crippen LogP contribution in [0, 0.1) is 18.7 Å². The lowest BCUT2D eigenvalue weighted by Gasteiger charge is -2.37. The molecule has 8 rings (SSSR count).